The van der Waals surface area contributed by atoms with E-state index in [-0.39, 0.29) is 18.9 Å². The van der Waals surface area contributed by atoms with Crippen LogP contribution in [0.15, 0.2) is 46.5 Å². The number of nitrogens with zero attached hydrogens (tertiary/aromatic N) is 2. The Balaban J connectivity index is 2.07. The molecular weight excluding hydrogens is 453 g/mol. The number of nitrogens with one attached hydrogen (secondary N) is 1. The van der Waals surface area contributed by atoms with Crippen molar-refractivity contribution in [2.45, 2.75) is 26.8 Å². The molecule has 172 valence electrons. The second kappa shape index (κ2) is 12.2. The minimum absolute atomic E-state index is 0.0451. The number of hydrogen-bond donors (Lipinski definition) is 3. The van der Waals surface area contributed by atoms with Gasteiger partial charge in [0.2, 0.25) is 0 Å². The van der Waals surface area contributed by atoms with E-state index in [0.717, 1.165) is 11.1 Å². The predicted octanol–water partition coefficient (Wildman–Crippen LogP) is 3.98. The van der Waals surface area contributed by atoms with E-state index >= 15 is 0 Å². The van der Waals surface area contributed by atoms with Crippen molar-refractivity contribution in [1.29, 1.82) is 0 Å². The Kier molecular flexibility index (Phi) is 9.61. The molecule has 10 heteroatoms. The summed E-state index contributed by atoms with van der Waals surface area (Å²) in [5.74, 6) is 0.457. The number of hydrogen-bond acceptors (Lipinski definition) is 5. The first-order chi connectivity index (χ1) is 15.2. The van der Waals surface area contributed by atoms with Crippen LogP contribution in [0.2, 0.25) is 10.0 Å². The van der Waals surface area contributed by atoms with Crippen LogP contribution in [-0.4, -0.2) is 31.3 Å². The Labute approximate surface area is 197 Å². The van der Waals surface area contributed by atoms with Gasteiger partial charge in [-0.25, -0.2) is 0 Å². The lowest BCUT2D eigenvalue weighted by molar-refractivity contribution is -0.116. The molecule has 32 heavy (non-hydrogen) atoms. The van der Waals surface area contributed by atoms with Gasteiger partial charge in [0.25, 0.3) is 5.91 Å². The van der Waals surface area contributed by atoms with E-state index in [4.69, 9.17) is 44.2 Å². The van der Waals surface area contributed by atoms with Crippen molar-refractivity contribution in [2.24, 2.45) is 21.8 Å². The van der Waals surface area contributed by atoms with Gasteiger partial charge in [-0.15, -0.1) is 0 Å². The number of anilines is 1. The Hall–Kier alpha value is -2.97. The Morgan fingerprint density at radius 2 is 1.78 bits per heavy atom. The van der Waals surface area contributed by atoms with Crippen LogP contribution in [0.1, 0.15) is 31.4 Å². The lowest BCUT2D eigenvalue weighted by atomic mass is 10.1. The molecule has 0 atom stereocenters. The quantitative estimate of drug-likeness (QED) is 0.216. The van der Waals surface area contributed by atoms with Gasteiger partial charge in [0.15, 0.2) is 5.96 Å². The molecule has 0 saturated heterocycles. The van der Waals surface area contributed by atoms with E-state index in [9.17, 15) is 4.79 Å². The highest BCUT2D eigenvalue weighted by molar-refractivity contribution is 6.38. The molecule has 0 aliphatic heterocycles. The van der Waals surface area contributed by atoms with Gasteiger partial charge in [-0.3, -0.25) is 4.79 Å². The normalized spacial score (nSPS) is 12.1. The van der Waals surface area contributed by atoms with E-state index < -0.39 is 5.91 Å². The molecule has 0 spiro atoms. The molecular formula is C22H27Cl2N5O3. The third-order valence-corrected chi connectivity index (χ3v) is 4.81. The van der Waals surface area contributed by atoms with Gasteiger partial charge in [-0.2, -0.15) is 4.99 Å². The number of nitrogens with two attached hydrogens (primary N) is 2. The van der Waals surface area contributed by atoms with Crippen LogP contribution in [0.5, 0.6) is 5.75 Å². The van der Waals surface area contributed by atoms with Gasteiger partial charge in [0.1, 0.15) is 12.4 Å². The Morgan fingerprint density at radius 3 is 2.34 bits per heavy atom. The lowest BCUT2D eigenvalue weighted by Crippen LogP contribution is -2.32. The molecule has 2 aromatic carbocycles. The number of carbonyl (C=O) groups is 1. The summed E-state index contributed by atoms with van der Waals surface area (Å²) < 4.78 is 5.17. The molecule has 0 bridgehead atoms. The Morgan fingerprint density at radius 1 is 1.16 bits per heavy atom. The highest BCUT2D eigenvalue weighted by Gasteiger charge is 2.12. The zero-order valence-electron chi connectivity index (χ0n) is 18.2. The fourth-order valence-corrected chi connectivity index (χ4v) is 3.06. The maximum absolute atomic E-state index is 12.5. The molecule has 2 aromatic rings. The maximum atomic E-state index is 12.5. The number of benzene rings is 2. The summed E-state index contributed by atoms with van der Waals surface area (Å²) in [4.78, 5) is 21.8. The van der Waals surface area contributed by atoms with E-state index in [0.29, 0.717) is 39.7 Å². The monoisotopic (exact) mass is 479 g/mol. The first kappa shape index (κ1) is 25.3. The molecule has 0 fully saturated rings. The summed E-state index contributed by atoms with van der Waals surface area (Å²) in [5.41, 5.74) is 13.8. The van der Waals surface area contributed by atoms with Gasteiger partial charge in [-0.05, 0) is 47.9 Å². The summed E-state index contributed by atoms with van der Waals surface area (Å²) in [7, 11) is 1.58. The number of oxime groups is 1. The van der Waals surface area contributed by atoms with Crippen LogP contribution < -0.4 is 21.5 Å². The van der Waals surface area contributed by atoms with Gasteiger partial charge in [0.05, 0.1) is 35.0 Å². The van der Waals surface area contributed by atoms with Crippen molar-refractivity contribution in [2.75, 3.05) is 19.5 Å². The second-order valence-electron chi connectivity index (χ2n) is 7.35. The lowest BCUT2D eigenvalue weighted by Gasteiger charge is -2.09. The molecule has 1 amide bonds. The molecule has 0 aromatic heterocycles. The third-order valence-electron chi connectivity index (χ3n) is 4.18. The zero-order chi connectivity index (χ0) is 23.7. The molecule has 0 aliphatic rings. The van der Waals surface area contributed by atoms with Gasteiger partial charge >= 0.3 is 0 Å². The summed E-state index contributed by atoms with van der Waals surface area (Å²) in [6, 6.07) is 10.5. The zero-order valence-corrected chi connectivity index (χ0v) is 19.7. The molecule has 0 radical (unpaired) electrons. The number of carbonyl (C=O) groups excluding carboxylic acids is 1. The smallest absolute Gasteiger partial charge is 0.255 e. The average Bonchev–Trinajstić information content (AvgIpc) is 2.75. The highest BCUT2D eigenvalue weighted by Crippen LogP contribution is 2.28. The third kappa shape index (κ3) is 7.94. The van der Waals surface area contributed by atoms with Crippen molar-refractivity contribution < 1.29 is 14.4 Å². The molecule has 0 heterocycles. The molecule has 8 nitrogen and oxygen atoms in total. The number of halogens is 2. The van der Waals surface area contributed by atoms with E-state index in [2.05, 4.69) is 15.5 Å². The highest BCUT2D eigenvalue weighted by atomic mass is 35.5. The number of amides is 1. The topological polar surface area (TPSA) is 124 Å². The van der Waals surface area contributed by atoms with E-state index in [1.165, 1.54) is 0 Å². The average molecular weight is 480 g/mol. The minimum atomic E-state index is -0.480. The van der Waals surface area contributed by atoms with Crippen molar-refractivity contribution in [3.8, 4) is 5.75 Å². The van der Waals surface area contributed by atoms with Crippen LogP contribution in [0.3, 0.4) is 0 Å². The molecule has 2 rings (SSSR count). The van der Waals surface area contributed by atoms with Crippen LogP contribution in [-0.2, 0) is 16.2 Å². The van der Waals surface area contributed by atoms with Crippen LogP contribution >= 0.6 is 23.2 Å². The number of ether oxygens (including phenoxy) is 1. The predicted molar refractivity (Wildman–Crippen MR) is 129 cm³/mol. The standard InChI is InChI=1S/C22H27Cl2N5O3/c1-13(2)12-32-29-19(15-4-6-16(31-3)7-5-15)10-20(30)28-22(26)27-11-14-8-17(23)21(25)18(24)9-14/h4-9,13H,10-12,25H2,1-3H3,(H3,26,27,28,30)/b29-19-. The van der Waals surface area contributed by atoms with Gasteiger partial charge in [-0.1, -0.05) is 42.2 Å². The number of aliphatic imine (C=N–C) groups is 1. The first-order valence-corrected chi connectivity index (χ1v) is 10.6. The van der Waals surface area contributed by atoms with Crippen molar-refractivity contribution in [1.82, 2.24) is 5.32 Å². The molecule has 5 N–H and O–H groups in total. The molecule has 0 saturated carbocycles. The number of rotatable bonds is 9. The largest absolute Gasteiger partial charge is 0.497 e. The van der Waals surface area contributed by atoms with Gasteiger partial charge in [0, 0.05) is 12.1 Å². The fourth-order valence-electron chi connectivity index (χ4n) is 2.52. The van der Waals surface area contributed by atoms with Crippen molar-refractivity contribution >= 4 is 46.5 Å². The van der Waals surface area contributed by atoms with Crippen LogP contribution in [0.25, 0.3) is 0 Å². The first-order valence-electron chi connectivity index (χ1n) is 9.87. The molecule has 0 unspecified atom stereocenters. The number of guanidine groups is 1. The molecule has 0 aliphatic carbocycles. The Bertz CT molecular complexity index is 969. The SMILES string of the molecule is COc1ccc(/C(CC(=O)/N=C(/N)NCc2cc(Cl)c(N)c(Cl)c2)=N\OCC(C)C)cc1. The number of nitrogen functional groups attached to an aromatic ring is 1. The van der Waals surface area contributed by atoms with E-state index in [1.54, 1.807) is 43.5 Å². The van der Waals surface area contributed by atoms with E-state index in [1.807, 2.05) is 13.8 Å². The van der Waals surface area contributed by atoms with Crippen molar-refractivity contribution in [3.05, 3.63) is 57.6 Å². The van der Waals surface area contributed by atoms with Crippen LogP contribution in [0, 0.1) is 5.92 Å². The fraction of sp³-hybridized carbons (Fsp3) is 0.318. The summed E-state index contributed by atoms with van der Waals surface area (Å²) in [6.45, 7) is 4.70. The van der Waals surface area contributed by atoms with Crippen molar-refractivity contribution in [3.63, 3.8) is 0 Å². The maximum Gasteiger partial charge on any atom is 0.255 e. The van der Waals surface area contributed by atoms with Gasteiger partial charge < -0.3 is 26.4 Å². The minimum Gasteiger partial charge on any atom is -0.497 e. The summed E-state index contributed by atoms with van der Waals surface area (Å²) in [5, 5.41) is 7.66. The number of methoxy groups -OCH3 is 1. The summed E-state index contributed by atoms with van der Waals surface area (Å²) in [6.07, 6.45) is -0.0909. The van der Waals surface area contributed by atoms with Crippen LogP contribution in [0.4, 0.5) is 5.69 Å². The summed E-state index contributed by atoms with van der Waals surface area (Å²) >= 11 is 12.1. The second-order valence-corrected chi connectivity index (χ2v) is 8.16.